The van der Waals surface area contributed by atoms with Gasteiger partial charge in [0.15, 0.2) is 0 Å². The zero-order valence-electron chi connectivity index (χ0n) is 7.62. The Bertz CT molecular complexity index is 166. The van der Waals surface area contributed by atoms with E-state index in [2.05, 4.69) is 16.1 Å². The van der Waals surface area contributed by atoms with Crippen molar-refractivity contribution in [1.29, 1.82) is 0 Å². The monoisotopic (exact) mass is 190 g/mol. The minimum Gasteiger partial charge on any atom is -0.460 e. The van der Waals surface area contributed by atoms with E-state index >= 15 is 0 Å². The summed E-state index contributed by atoms with van der Waals surface area (Å²) in [4.78, 5) is 10.9. The van der Waals surface area contributed by atoms with E-state index in [1.165, 1.54) is 7.11 Å². The summed E-state index contributed by atoms with van der Waals surface area (Å²) in [5.41, 5.74) is 0.200. The molecule has 0 atom stereocenters. The molecule has 0 aromatic rings. The van der Waals surface area contributed by atoms with Crippen molar-refractivity contribution in [3.63, 3.8) is 0 Å². The third kappa shape index (κ3) is 6.27. The largest absolute Gasteiger partial charge is 0.460 e. The Morgan fingerprint density at radius 2 is 2.23 bits per heavy atom. The van der Waals surface area contributed by atoms with Crippen LogP contribution in [0, 0.1) is 0 Å². The Morgan fingerprint density at radius 3 is 2.77 bits per heavy atom. The van der Waals surface area contributed by atoms with Gasteiger partial charge >= 0.3 is 5.97 Å². The van der Waals surface area contributed by atoms with Crippen LogP contribution in [0.15, 0.2) is 12.2 Å². The van der Waals surface area contributed by atoms with Gasteiger partial charge in [0.25, 0.3) is 0 Å². The number of aliphatic hydroxyl groups is 1. The molecule has 1 N–H and O–H groups in total. The van der Waals surface area contributed by atoms with Crippen molar-refractivity contribution < 1.29 is 24.1 Å². The molecule has 0 heterocycles. The van der Waals surface area contributed by atoms with Crippen LogP contribution in [0.4, 0.5) is 0 Å². The zero-order chi connectivity index (χ0) is 10.1. The Morgan fingerprint density at radius 1 is 1.54 bits per heavy atom. The van der Waals surface area contributed by atoms with Gasteiger partial charge in [-0.3, -0.25) is 0 Å². The lowest BCUT2D eigenvalue weighted by atomic mass is 10.3. The second-order valence-corrected chi connectivity index (χ2v) is 2.22. The summed E-state index contributed by atoms with van der Waals surface area (Å²) >= 11 is 0. The number of ether oxygens (including phenoxy) is 3. The zero-order valence-corrected chi connectivity index (χ0v) is 7.62. The maximum Gasteiger partial charge on any atom is 0.335 e. The fraction of sp³-hybridized carbons (Fsp3) is 0.625. The van der Waals surface area contributed by atoms with Crippen molar-refractivity contribution in [3.8, 4) is 0 Å². The van der Waals surface area contributed by atoms with E-state index in [1.807, 2.05) is 0 Å². The lowest BCUT2D eigenvalue weighted by molar-refractivity contribution is -0.141. The van der Waals surface area contributed by atoms with Crippen molar-refractivity contribution in [2.75, 3.05) is 33.7 Å². The number of methoxy groups -OCH3 is 1. The van der Waals surface area contributed by atoms with Crippen LogP contribution in [0.3, 0.4) is 0 Å². The first-order valence-electron chi connectivity index (χ1n) is 3.74. The minimum absolute atomic E-state index is 0.0257. The maximum atomic E-state index is 10.9. The molecule has 5 heteroatoms. The lowest BCUT2D eigenvalue weighted by Gasteiger charge is -2.05. The molecule has 76 valence electrons. The first-order valence-corrected chi connectivity index (χ1v) is 3.74. The van der Waals surface area contributed by atoms with E-state index in [0.29, 0.717) is 0 Å². The van der Waals surface area contributed by atoms with Gasteiger partial charge in [-0.1, -0.05) is 6.58 Å². The third-order valence-electron chi connectivity index (χ3n) is 1.09. The van der Waals surface area contributed by atoms with E-state index in [9.17, 15) is 4.79 Å². The van der Waals surface area contributed by atoms with Crippen LogP contribution in [0.2, 0.25) is 0 Å². The highest BCUT2D eigenvalue weighted by molar-refractivity contribution is 5.87. The maximum absolute atomic E-state index is 10.9. The summed E-state index contributed by atoms with van der Waals surface area (Å²) in [6.07, 6.45) is 0. The molecule has 0 saturated heterocycles. The Kier molecular flexibility index (Phi) is 7.18. The second kappa shape index (κ2) is 7.72. The molecule has 0 aliphatic heterocycles. The Hall–Kier alpha value is -0.910. The fourth-order valence-corrected chi connectivity index (χ4v) is 0.548. The van der Waals surface area contributed by atoms with Gasteiger partial charge in [-0.25, -0.2) is 4.79 Å². The van der Waals surface area contributed by atoms with E-state index < -0.39 is 5.97 Å². The van der Waals surface area contributed by atoms with Crippen molar-refractivity contribution in [1.82, 2.24) is 0 Å². The van der Waals surface area contributed by atoms with Crippen molar-refractivity contribution in [2.45, 2.75) is 0 Å². The molecule has 13 heavy (non-hydrogen) atoms. The van der Waals surface area contributed by atoms with Crippen LogP contribution in [0.5, 0.6) is 0 Å². The van der Waals surface area contributed by atoms with Crippen LogP contribution >= 0.6 is 0 Å². The standard InChI is InChI=1S/C8H14O5/c1-7(5-12-6-11-2)8(10)13-4-3-9/h9H,1,3-6H2,2H3. The number of hydrogen-bond acceptors (Lipinski definition) is 5. The molecule has 0 radical (unpaired) electrons. The molecule has 0 saturated carbocycles. The molecule has 0 fully saturated rings. The molecule has 0 aliphatic carbocycles. The highest BCUT2D eigenvalue weighted by atomic mass is 16.7. The van der Waals surface area contributed by atoms with Gasteiger partial charge in [0, 0.05) is 7.11 Å². The highest BCUT2D eigenvalue weighted by Gasteiger charge is 2.07. The van der Waals surface area contributed by atoms with E-state index in [0.717, 1.165) is 0 Å². The van der Waals surface area contributed by atoms with Gasteiger partial charge in [-0.2, -0.15) is 0 Å². The number of esters is 1. The fourth-order valence-electron chi connectivity index (χ4n) is 0.548. The number of carbonyl (C=O) groups excluding carboxylic acids is 1. The predicted molar refractivity (Wildman–Crippen MR) is 45.0 cm³/mol. The predicted octanol–water partition coefficient (Wildman–Crippen LogP) is -0.301. The van der Waals surface area contributed by atoms with Crippen LogP contribution in [-0.4, -0.2) is 44.8 Å². The second-order valence-electron chi connectivity index (χ2n) is 2.22. The third-order valence-corrected chi connectivity index (χ3v) is 1.09. The molecule has 0 aromatic heterocycles. The summed E-state index contributed by atoms with van der Waals surface area (Å²) in [5.74, 6) is -0.565. The lowest BCUT2D eigenvalue weighted by Crippen LogP contribution is -2.14. The van der Waals surface area contributed by atoms with Crippen LogP contribution < -0.4 is 0 Å². The molecule has 0 unspecified atom stereocenters. The van der Waals surface area contributed by atoms with Gasteiger partial charge in [-0.05, 0) is 0 Å². The summed E-state index contributed by atoms with van der Waals surface area (Å²) in [6, 6.07) is 0. The Labute approximate surface area is 76.9 Å². The molecule has 5 nitrogen and oxygen atoms in total. The smallest absolute Gasteiger partial charge is 0.335 e. The van der Waals surface area contributed by atoms with Gasteiger partial charge in [-0.15, -0.1) is 0 Å². The van der Waals surface area contributed by atoms with Crippen molar-refractivity contribution >= 4 is 5.97 Å². The molecular formula is C8H14O5. The van der Waals surface area contributed by atoms with Gasteiger partial charge < -0.3 is 19.3 Å². The van der Waals surface area contributed by atoms with Crippen molar-refractivity contribution in [3.05, 3.63) is 12.2 Å². The van der Waals surface area contributed by atoms with E-state index in [4.69, 9.17) is 9.84 Å². The first kappa shape index (κ1) is 12.1. The van der Waals surface area contributed by atoms with Crippen LogP contribution in [-0.2, 0) is 19.0 Å². The quantitative estimate of drug-likeness (QED) is 0.258. The minimum atomic E-state index is -0.565. The molecular weight excluding hydrogens is 176 g/mol. The van der Waals surface area contributed by atoms with Gasteiger partial charge in [0.05, 0.1) is 18.8 Å². The molecule has 0 amide bonds. The molecule has 0 aliphatic rings. The van der Waals surface area contributed by atoms with Gasteiger partial charge in [0.2, 0.25) is 0 Å². The number of aliphatic hydroxyl groups excluding tert-OH is 1. The van der Waals surface area contributed by atoms with Gasteiger partial charge in [0.1, 0.15) is 13.4 Å². The van der Waals surface area contributed by atoms with Crippen LogP contribution in [0.25, 0.3) is 0 Å². The summed E-state index contributed by atoms with van der Waals surface area (Å²) in [7, 11) is 1.48. The average molecular weight is 190 g/mol. The number of rotatable bonds is 7. The molecule has 0 aromatic carbocycles. The van der Waals surface area contributed by atoms with Crippen LogP contribution in [0.1, 0.15) is 0 Å². The Balaban J connectivity index is 3.51. The average Bonchev–Trinajstić information content (AvgIpc) is 2.14. The molecule has 0 bridgehead atoms. The molecule has 0 spiro atoms. The first-order chi connectivity index (χ1) is 6.22. The van der Waals surface area contributed by atoms with E-state index in [-0.39, 0.29) is 32.2 Å². The summed E-state index contributed by atoms with van der Waals surface area (Å²) in [5, 5.41) is 8.35. The number of hydrogen-bond donors (Lipinski definition) is 1. The van der Waals surface area contributed by atoms with E-state index in [1.54, 1.807) is 0 Å². The number of carbonyl (C=O) groups is 1. The molecule has 0 rings (SSSR count). The SMILES string of the molecule is C=C(COCOC)C(=O)OCCO. The normalized spacial score (nSPS) is 9.69. The summed E-state index contributed by atoms with van der Waals surface area (Å²) in [6.45, 7) is 3.39. The topological polar surface area (TPSA) is 65.0 Å². The highest BCUT2D eigenvalue weighted by Crippen LogP contribution is 1.95. The summed E-state index contributed by atoms with van der Waals surface area (Å²) < 4.78 is 14.0. The van der Waals surface area contributed by atoms with Crippen molar-refractivity contribution in [2.24, 2.45) is 0 Å².